The molecule has 0 amide bonds. The van der Waals surface area contributed by atoms with Crippen molar-refractivity contribution in [3.05, 3.63) is 23.2 Å². The van der Waals surface area contributed by atoms with E-state index < -0.39 is 5.97 Å². The summed E-state index contributed by atoms with van der Waals surface area (Å²) in [5.74, 6) is 0.0289. The molecule has 1 rings (SSSR count). The summed E-state index contributed by atoms with van der Waals surface area (Å²) in [4.78, 5) is 21.2. The molecule has 0 fully saturated rings. The van der Waals surface area contributed by atoms with Gasteiger partial charge in [0.2, 0.25) is 0 Å². The van der Waals surface area contributed by atoms with Crippen LogP contribution in [-0.2, 0) is 4.74 Å². The second kappa shape index (κ2) is 3.21. The third-order valence-electron chi connectivity index (χ3n) is 1.46. The molecule has 0 atom stereocenters. The van der Waals surface area contributed by atoms with Crippen LogP contribution in [0.3, 0.4) is 0 Å². The summed E-state index contributed by atoms with van der Waals surface area (Å²) in [7, 11) is 1.27. The minimum Gasteiger partial charge on any atom is -0.465 e. The number of hydrogen-bond acceptors (Lipinski definition) is 4. The van der Waals surface area contributed by atoms with Gasteiger partial charge in [0.15, 0.2) is 12.0 Å². The Morgan fingerprint density at radius 1 is 1.67 bits per heavy atom. The molecule has 0 aliphatic carbocycles. The predicted octanol–water partition coefficient (Wildman–Crippen LogP) is 1.19. The molecule has 12 heavy (non-hydrogen) atoms. The fraction of sp³-hybridized carbons (Fsp3) is 0.250. The summed E-state index contributed by atoms with van der Waals surface area (Å²) >= 11 is 0. The van der Waals surface area contributed by atoms with Crippen molar-refractivity contribution in [1.29, 1.82) is 0 Å². The Balaban J connectivity index is 3.07. The van der Waals surface area contributed by atoms with E-state index in [1.807, 2.05) is 0 Å². The first-order valence-electron chi connectivity index (χ1n) is 3.33. The lowest BCUT2D eigenvalue weighted by Gasteiger charge is -1.93. The number of furan rings is 1. The van der Waals surface area contributed by atoms with Crippen molar-refractivity contribution in [1.82, 2.24) is 0 Å². The van der Waals surface area contributed by atoms with Crippen molar-refractivity contribution in [3.8, 4) is 0 Å². The van der Waals surface area contributed by atoms with Crippen LogP contribution in [0.4, 0.5) is 0 Å². The van der Waals surface area contributed by atoms with Gasteiger partial charge in [0.1, 0.15) is 11.3 Å². The Kier molecular flexibility index (Phi) is 2.28. The molecule has 1 heterocycles. The Hall–Kier alpha value is -1.58. The molecule has 0 aromatic carbocycles. The van der Waals surface area contributed by atoms with Gasteiger partial charge in [-0.3, -0.25) is 4.79 Å². The highest BCUT2D eigenvalue weighted by atomic mass is 16.5. The smallest absolute Gasteiger partial charge is 0.341 e. The molecular formula is C8H8O4. The number of aldehydes is 1. The van der Waals surface area contributed by atoms with Gasteiger partial charge in [0.05, 0.1) is 7.11 Å². The van der Waals surface area contributed by atoms with Gasteiger partial charge in [-0.05, 0) is 6.92 Å². The minimum atomic E-state index is -0.496. The van der Waals surface area contributed by atoms with Crippen molar-refractivity contribution in [3.63, 3.8) is 0 Å². The van der Waals surface area contributed by atoms with Gasteiger partial charge in [-0.25, -0.2) is 4.79 Å². The van der Waals surface area contributed by atoms with Gasteiger partial charge in [-0.2, -0.15) is 0 Å². The van der Waals surface area contributed by atoms with E-state index in [1.165, 1.54) is 13.2 Å². The molecule has 0 radical (unpaired) electrons. The summed E-state index contributed by atoms with van der Waals surface area (Å²) in [5.41, 5.74) is 0.291. The average molecular weight is 168 g/mol. The van der Waals surface area contributed by atoms with Gasteiger partial charge in [-0.15, -0.1) is 0 Å². The maximum atomic E-state index is 11.0. The van der Waals surface area contributed by atoms with Crippen LogP contribution in [-0.4, -0.2) is 19.4 Å². The van der Waals surface area contributed by atoms with Crippen LogP contribution in [0.5, 0.6) is 0 Å². The van der Waals surface area contributed by atoms with E-state index in [4.69, 9.17) is 4.42 Å². The largest absolute Gasteiger partial charge is 0.465 e. The molecule has 0 aliphatic rings. The second-order valence-electron chi connectivity index (χ2n) is 2.23. The summed E-state index contributed by atoms with van der Waals surface area (Å²) in [6, 6.07) is 1.36. The summed E-state index contributed by atoms with van der Waals surface area (Å²) in [5, 5.41) is 0. The van der Waals surface area contributed by atoms with E-state index in [-0.39, 0.29) is 5.76 Å². The van der Waals surface area contributed by atoms with Crippen LogP contribution >= 0.6 is 0 Å². The SMILES string of the molecule is COC(=O)c1cc(C=O)oc1C. The van der Waals surface area contributed by atoms with Crippen LogP contribution in [0.15, 0.2) is 10.5 Å². The van der Waals surface area contributed by atoms with Crippen molar-refractivity contribution < 1.29 is 18.7 Å². The van der Waals surface area contributed by atoms with Crippen LogP contribution in [0.2, 0.25) is 0 Å². The fourth-order valence-corrected chi connectivity index (χ4v) is 0.876. The Bertz CT molecular complexity index is 311. The molecule has 0 unspecified atom stereocenters. The number of esters is 1. The lowest BCUT2D eigenvalue weighted by molar-refractivity contribution is 0.0598. The van der Waals surface area contributed by atoms with E-state index in [0.717, 1.165) is 0 Å². The van der Waals surface area contributed by atoms with Crippen molar-refractivity contribution in [2.45, 2.75) is 6.92 Å². The fourth-order valence-electron chi connectivity index (χ4n) is 0.876. The number of carbonyl (C=O) groups is 2. The lowest BCUT2D eigenvalue weighted by Crippen LogP contribution is -2.00. The highest BCUT2D eigenvalue weighted by Gasteiger charge is 2.14. The zero-order valence-electron chi connectivity index (χ0n) is 6.79. The maximum Gasteiger partial charge on any atom is 0.341 e. The Labute approximate surface area is 69.1 Å². The van der Waals surface area contributed by atoms with Crippen LogP contribution in [0, 0.1) is 6.92 Å². The first-order chi connectivity index (χ1) is 5.69. The number of ether oxygens (including phenoxy) is 1. The number of hydrogen-bond donors (Lipinski definition) is 0. The zero-order chi connectivity index (χ0) is 9.14. The van der Waals surface area contributed by atoms with Gasteiger partial charge < -0.3 is 9.15 Å². The van der Waals surface area contributed by atoms with Crippen LogP contribution in [0.1, 0.15) is 26.7 Å². The van der Waals surface area contributed by atoms with Gasteiger partial charge in [0, 0.05) is 6.07 Å². The molecule has 1 aromatic rings. The van der Waals surface area contributed by atoms with E-state index in [2.05, 4.69) is 4.74 Å². The van der Waals surface area contributed by atoms with Gasteiger partial charge in [0.25, 0.3) is 0 Å². The van der Waals surface area contributed by atoms with E-state index >= 15 is 0 Å². The first-order valence-corrected chi connectivity index (χ1v) is 3.33. The molecule has 4 heteroatoms. The minimum absolute atomic E-state index is 0.132. The van der Waals surface area contributed by atoms with E-state index in [9.17, 15) is 9.59 Å². The summed E-state index contributed by atoms with van der Waals surface area (Å²) < 4.78 is 9.38. The monoisotopic (exact) mass is 168 g/mol. The maximum absolute atomic E-state index is 11.0. The normalized spacial score (nSPS) is 9.50. The standard InChI is InChI=1S/C8H8O4/c1-5-7(8(10)11-2)3-6(4-9)12-5/h3-4H,1-2H3. The highest BCUT2D eigenvalue weighted by molar-refractivity contribution is 5.92. The van der Waals surface area contributed by atoms with Crippen molar-refractivity contribution in [2.24, 2.45) is 0 Å². The van der Waals surface area contributed by atoms with Crippen LogP contribution < -0.4 is 0 Å². The highest BCUT2D eigenvalue weighted by Crippen LogP contribution is 2.13. The molecule has 0 N–H and O–H groups in total. The van der Waals surface area contributed by atoms with Gasteiger partial charge >= 0.3 is 5.97 Å². The van der Waals surface area contributed by atoms with Crippen molar-refractivity contribution >= 4 is 12.3 Å². The number of carbonyl (C=O) groups excluding carboxylic acids is 2. The molecule has 0 bridgehead atoms. The first kappa shape index (κ1) is 8.52. The number of aryl methyl sites for hydroxylation is 1. The quantitative estimate of drug-likeness (QED) is 0.491. The topological polar surface area (TPSA) is 56.5 Å². The molecular weight excluding hydrogens is 160 g/mol. The Morgan fingerprint density at radius 3 is 2.75 bits per heavy atom. The third-order valence-corrected chi connectivity index (χ3v) is 1.46. The van der Waals surface area contributed by atoms with Crippen molar-refractivity contribution in [2.75, 3.05) is 7.11 Å². The van der Waals surface area contributed by atoms with Crippen LogP contribution in [0.25, 0.3) is 0 Å². The average Bonchev–Trinajstić information content (AvgIpc) is 2.45. The van der Waals surface area contributed by atoms with Gasteiger partial charge in [-0.1, -0.05) is 0 Å². The summed E-state index contributed by atoms with van der Waals surface area (Å²) in [6.45, 7) is 1.60. The molecule has 64 valence electrons. The molecule has 4 nitrogen and oxygen atoms in total. The molecule has 0 aliphatic heterocycles. The molecule has 0 spiro atoms. The molecule has 0 saturated carbocycles. The second-order valence-corrected chi connectivity index (χ2v) is 2.23. The number of methoxy groups -OCH3 is 1. The predicted molar refractivity (Wildman–Crippen MR) is 40.2 cm³/mol. The Morgan fingerprint density at radius 2 is 2.33 bits per heavy atom. The molecule has 0 saturated heterocycles. The number of rotatable bonds is 2. The van der Waals surface area contributed by atoms with E-state index in [1.54, 1.807) is 6.92 Å². The zero-order valence-corrected chi connectivity index (χ0v) is 6.79. The molecule has 1 aromatic heterocycles. The summed E-state index contributed by atoms with van der Waals surface area (Å²) in [6.07, 6.45) is 0.541. The van der Waals surface area contributed by atoms with E-state index in [0.29, 0.717) is 17.6 Å². The lowest BCUT2D eigenvalue weighted by atomic mass is 10.2. The third kappa shape index (κ3) is 1.37.